The van der Waals surface area contributed by atoms with Gasteiger partial charge in [0.25, 0.3) is 0 Å². The Morgan fingerprint density at radius 3 is 2.71 bits per heavy atom. The molecule has 31 heavy (non-hydrogen) atoms. The molecule has 2 aliphatic rings. The minimum atomic E-state index is -0.596. The molecular weight excluding hydrogens is 429 g/mol. The van der Waals surface area contributed by atoms with Gasteiger partial charge in [-0.15, -0.1) is 0 Å². The van der Waals surface area contributed by atoms with Gasteiger partial charge in [-0.25, -0.2) is 24.1 Å². The van der Waals surface area contributed by atoms with Gasteiger partial charge in [0.1, 0.15) is 11.9 Å². The molecule has 1 N–H and O–H groups in total. The number of carbonyl (C=O) groups is 2. The second kappa shape index (κ2) is 8.88. The van der Waals surface area contributed by atoms with E-state index >= 15 is 0 Å². The summed E-state index contributed by atoms with van der Waals surface area (Å²) in [4.78, 5) is 40.7. The average Bonchev–Trinajstić information content (AvgIpc) is 3.13. The van der Waals surface area contributed by atoms with Crippen molar-refractivity contribution in [2.75, 3.05) is 54.0 Å². The molecule has 1 atom stereocenters. The molecule has 2 saturated heterocycles. The van der Waals surface area contributed by atoms with Gasteiger partial charge in [-0.3, -0.25) is 9.69 Å². The lowest BCUT2D eigenvalue weighted by Gasteiger charge is -2.36. The Bertz CT molecular complexity index is 987. The maximum Gasteiger partial charge on any atom is 0.414 e. The highest BCUT2D eigenvalue weighted by atomic mass is 35.5. The number of rotatable bonds is 5. The Morgan fingerprint density at radius 2 is 2.03 bits per heavy atom. The number of cyclic esters (lactones) is 1. The molecule has 4 rings (SSSR count). The van der Waals surface area contributed by atoms with E-state index in [0.717, 1.165) is 5.82 Å². The molecule has 0 spiro atoms. The molecule has 0 unspecified atom stereocenters. The van der Waals surface area contributed by atoms with Gasteiger partial charge in [0.05, 0.1) is 25.0 Å². The number of hydrogen-bond acceptors (Lipinski definition) is 8. The molecule has 10 nitrogen and oxygen atoms in total. The number of amides is 2. The smallest absolute Gasteiger partial charge is 0.414 e. The van der Waals surface area contributed by atoms with Crippen LogP contribution in [0.25, 0.3) is 0 Å². The summed E-state index contributed by atoms with van der Waals surface area (Å²) >= 11 is 5.85. The number of halogens is 2. The van der Waals surface area contributed by atoms with Crippen LogP contribution < -0.4 is 20.0 Å². The zero-order valence-corrected chi connectivity index (χ0v) is 17.5. The second-order valence-electron chi connectivity index (χ2n) is 7.21. The summed E-state index contributed by atoms with van der Waals surface area (Å²) in [5, 5.41) is 2.79. The first-order valence-corrected chi connectivity index (χ1v) is 10.1. The molecule has 164 valence electrons. The summed E-state index contributed by atoms with van der Waals surface area (Å²) in [6.07, 6.45) is 1.96. The number of nitrogens with one attached hydrogen (secondary N) is 1. The largest absolute Gasteiger partial charge is 0.442 e. The second-order valence-corrected chi connectivity index (χ2v) is 7.55. The minimum Gasteiger partial charge on any atom is -0.442 e. The average molecular weight is 450 g/mol. The van der Waals surface area contributed by atoms with Crippen molar-refractivity contribution < 1.29 is 18.7 Å². The van der Waals surface area contributed by atoms with Crippen LogP contribution in [0.2, 0.25) is 5.28 Å². The van der Waals surface area contributed by atoms with Crippen molar-refractivity contribution in [1.82, 2.24) is 20.3 Å². The lowest BCUT2D eigenvalue weighted by Crippen LogP contribution is -2.47. The summed E-state index contributed by atoms with van der Waals surface area (Å²) in [5.41, 5.74) is 0.311. The highest BCUT2D eigenvalue weighted by molar-refractivity contribution is 6.28. The van der Waals surface area contributed by atoms with Crippen molar-refractivity contribution in [3.63, 3.8) is 0 Å². The number of anilines is 3. The molecule has 2 aromatic rings. The van der Waals surface area contributed by atoms with Gasteiger partial charge in [0.2, 0.25) is 11.2 Å². The van der Waals surface area contributed by atoms with Crippen LogP contribution in [-0.2, 0) is 9.53 Å². The Kier molecular flexibility index (Phi) is 6.03. The van der Waals surface area contributed by atoms with Crippen molar-refractivity contribution in [3.05, 3.63) is 35.6 Å². The fourth-order valence-corrected chi connectivity index (χ4v) is 3.69. The molecular formula is C19H21ClFN7O3. The van der Waals surface area contributed by atoms with Crippen molar-refractivity contribution in [3.8, 4) is 0 Å². The third kappa shape index (κ3) is 4.76. The number of carbonyl (C=O) groups excluding carboxylic acids is 2. The van der Waals surface area contributed by atoms with E-state index in [1.54, 1.807) is 12.3 Å². The predicted octanol–water partition coefficient (Wildman–Crippen LogP) is 1.45. The quantitative estimate of drug-likeness (QED) is 0.684. The fraction of sp³-hybridized carbons (Fsp3) is 0.421. The van der Waals surface area contributed by atoms with Gasteiger partial charge in [-0.1, -0.05) is 0 Å². The first-order chi connectivity index (χ1) is 14.9. The van der Waals surface area contributed by atoms with E-state index < -0.39 is 18.0 Å². The van der Waals surface area contributed by atoms with E-state index in [0.29, 0.717) is 31.9 Å². The minimum absolute atomic E-state index is 0.183. The van der Waals surface area contributed by atoms with Crippen molar-refractivity contribution >= 4 is 40.9 Å². The monoisotopic (exact) mass is 449 g/mol. The predicted molar refractivity (Wildman–Crippen MR) is 112 cm³/mol. The van der Waals surface area contributed by atoms with E-state index in [-0.39, 0.29) is 30.1 Å². The first-order valence-electron chi connectivity index (χ1n) is 9.77. The molecule has 0 radical (unpaired) electrons. The normalized spacial score (nSPS) is 18.9. The maximum atomic E-state index is 14.8. The van der Waals surface area contributed by atoms with Crippen molar-refractivity contribution in [2.24, 2.45) is 0 Å². The summed E-state index contributed by atoms with van der Waals surface area (Å²) < 4.78 is 20.1. The van der Waals surface area contributed by atoms with Crippen LogP contribution in [0.15, 0.2) is 24.5 Å². The highest BCUT2D eigenvalue weighted by Gasteiger charge is 2.33. The van der Waals surface area contributed by atoms with E-state index in [4.69, 9.17) is 16.3 Å². The third-order valence-corrected chi connectivity index (χ3v) is 5.27. The molecule has 0 aliphatic carbocycles. The van der Waals surface area contributed by atoms with E-state index in [9.17, 15) is 14.0 Å². The molecule has 2 aliphatic heterocycles. The Morgan fingerprint density at radius 1 is 1.29 bits per heavy atom. The van der Waals surface area contributed by atoms with Crippen LogP contribution in [0.4, 0.5) is 26.5 Å². The Labute approximate surface area is 183 Å². The van der Waals surface area contributed by atoms with Crippen LogP contribution in [0.1, 0.15) is 6.92 Å². The molecule has 0 aromatic carbocycles. The van der Waals surface area contributed by atoms with Crippen LogP contribution in [0.3, 0.4) is 0 Å². The molecule has 12 heteroatoms. The molecule has 2 aromatic heterocycles. The van der Waals surface area contributed by atoms with E-state index in [2.05, 4.69) is 20.3 Å². The SMILES string of the molecule is CC(=O)NC[C@H]1CN(c2cnc(N3CCN(c4ccnc(Cl)n4)CC3)c(F)c2)C(=O)O1. The van der Waals surface area contributed by atoms with E-state index in [1.165, 1.54) is 24.1 Å². The molecule has 4 heterocycles. The topological polar surface area (TPSA) is 104 Å². The Balaban J connectivity index is 1.39. The molecule has 0 saturated carbocycles. The van der Waals surface area contributed by atoms with Gasteiger partial charge in [-0.05, 0) is 17.7 Å². The van der Waals surface area contributed by atoms with Crippen LogP contribution in [0, 0.1) is 5.82 Å². The van der Waals surface area contributed by atoms with Gasteiger partial charge in [0.15, 0.2) is 11.6 Å². The number of nitrogens with zero attached hydrogens (tertiary/aromatic N) is 6. The van der Waals surface area contributed by atoms with Crippen molar-refractivity contribution in [1.29, 1.82) is 0 Å². The summed E-state index contributed by atoms with van der Waals surface area (Å²) in [5.74, 6) is 0.222. The fourth-order valence-electron chi connectivity index (χ4n) is 3.55. The van der Waals surface area contributed by atoms with Gasteiger partial charge in [0, 0.05) is 45.4 Å². The number of aromatic nitrogens is 3. The van der Waals surface area contributed by atoms with E-state index in [1.807, 2.05) is 9.80 Å². The van der Waals surface area contributed by atoms with Crippen molar-refractivity contribution in [2.45, 2.75) is 13.0 Å². The van der Waals surface area contributed by atoms with Crippen LogP contribution in [0.5, 0.6) is 0 Å². The lowest BCUT2D eigenvalue weighted by molar-refractivity contribution is -0.119. The highest BCUT2D eigenvalue weighted by Crippen LogP contribution is 2.27. The summed E-state index contributed by atoms with van der Waals surface area (Å²) in [6, 6.07) is 3.06. The number of ether oxygens (including phenoxy) is 1. The van der Waals surface area contributed by atoms with Gasteiger partial charge in [-0.2, -0.15) is 0 Å². The number of pyridine rings is 1. The number of hydrogen-bond donors (Lipinski definition) is 1. The first kappa shape index (κ1) is 21.0. The lowest BCUT2D eigenvalue weighted by atomic mass is 10.2. The Hall–Kier alpha value is -3.21. The molecule has 2 amide bonds. The molecule has 0 bridgehead atoms. The van der Waals surface area contributed by atoms with Crippen LogP contribution >= 0.6 is 11.6 Å². The summed E-state index contributed by atoms with van der Waals surface area (Å²) in [6.45, 7) is 4.14. The summed E-state index contributed by atoms with van der Waals surface area (Å²) in [7, 11) is 0. The third-order valence-electron chi connectivity index (χ3n) is 5.09. The van der Waals surface area contributed by atoms with Gasteiger partial charge < -0.3 is 19.9 Å². The zero-order valence-electron chi connectivity index (χ0n) is 16.8. The standard InChI is InChI=1S/C19H21ClFN7O3/c1-12(29)23-10-14-11-28(19(30)31-14)13-8-15(21)17(24-9-13)27-6-4-26(5-7-27)16-2-3-22-18(20)25-16/h2-3,8-9,14H,4-7,10-11H2,1H3,(H,23,29)/t14-/m0/s1. The number of piperazine rings is 1. The van der Waals surface area contributed by atoms with Crippen LogP contribution in [-0.4, -0.2) is 72.3 Å². The zero-order chi connectivity index (χ0) is 22.0. The van der Waals surface area contributed by atoms with Gasteiger partial charge >= 0.3 is 6.09 Å². The maximum absolute atomic E-state index is 14.8. The molecule has 2 fully saturated rings.